The van der Waals surface area contributed by atoms with Gasteiger partial charge in [-0.05, 0) is 18.2 Å². The molecule has 0 spiro atoms. The van der Waals surface area contributed by atoms with E-state index in [0.29, 0.717) is 5.69 Å². The first-order chi connectivity index (χ1) is 7.33. The van der Waals surface area contributed by atoms with Crippen molar-refractivity contribution < 1.29 is 4.42 Å². The number of nitrogens with two attached hydrogens (primary N) is 1. The van der Waals surface area contributed by atoms with Crippen LogP contribution in [0.3, 0.4) is 0 Å². The van der Waals surface area contributed by atoms with Gasteiger partial charge < -0.3 is 14.6 Å². The largest absolute Gasteiger partial charge is 0.463 e. The molecule has 0 saturated heterocycles. The molecule has 4 heteroatoms. The van der Waals surface area contributed by atoms with Gasteiger partial charge >= 0.3 is 0 Å². The van der Waals surface area contributed by atoms with Crippen LogP contribution in [0.5, 0.6) is 0 Å². The predicted molar refractivity (Wildman–Crippen MR) is 57.3 cm³/mol. The van der Waals surface area contributed by atoms with E-state index in [9.17, 15) is 0 Å². The summed E-state index contributed by atoms with van der Waals surface area (Å²) >= 11 is 0. The zero-order valence-electron chi connectivity index (χ0n) is 7.92. The Morgan fingerprint density at radius 1 is 1.33 bits per heavy atom. The molecule has 3 aromatic rings. The van der Waals surface area contributed by atoms with E-state index in [1.165, 1.54) is 0 Å². The predicted octanol–water partition coefficient (Wildman–Crippen LogP) is 2.18. The number of aromatic nitrogens is 2. The minimum absolute atomic E-state index is 0.707. The SMILES string of the molecule is Nc1ccn2cc(-c3ccco3)nc2c1. The van der Waals surface area contributed by atoms with Crippen LogP contribution >= 0.6 is 0 Å². The van der Waals surface area contributed by atoms with E-state index in [4.69, 9.17) is 10.2 Å². The van der Waals surface area contributed by atoms with Gasteiger partial charge in [0.2, 0.25) is 0 Å². The van der Waals surface area contributed by atoms with Crippen molar-refractivity contribution >= 4 is 11.3 Å². The molecule has 0 fully saturated rings. The van der Waals surface area contributed by atoms with Gasteiger partial charge in [0.1, 0.15) is 11.3 Å². The summed E-state index contributed by atoms with van der Waals surface area (Å²) in [5, 5.41) is 0. The summed E-state index contributed by atoms with van der Waals surface area (Å²) in [5.74, 6) is 0.761. The lowest BCUT2D eigenvalue weighted by Crippen LogP contribution is -1.87. The molecule has 3 rings (SSSR count). The van der Waals surface area contributed by atoms with E-state index in [0.717, 1.165) is 17.1 Å². The van der Waals surface area contributed by atoms with Gasteiger partial charge in [0.15, 0.2) is 5.76 Å². The number of nitrogen functional groups attached to an aromatic ring is 1. The van der Waals surface area contributed by atoms with E-state index in [1.54, 1.807) is 6.26 Å². The van der Waals surface area contributed by atoms with E-state index in [2.05, 4.69) is 4.98 Å². The normalized spacial score (nSPS) is 10.9. The maximum atomic E-state index is 5.68. The Balaban J connectivity index is 2.22. The maximum Gasteiger partial charge on any atom is 0.153 e. The Labute approximate surface area is 86.0 Å². The standard InChI is InChI=1S/C11H9N3O/c12-8-3-4-14-7-9(13-11(14)6-8)10-2-1-5-15-10/h1-7H,12H2. The van der Waals surface area contributed by atoms with Crippen molar-refractivity contribution in [3.05, 3.63) is 42.9 Å². The highest BCUT2D eigenvalue weighted by atomic mass is 16.3. The Morgan fingerprint density at radius 3 is 3.07 bits per heavy atom. The second-order valence-corrected chi connectivity index (χ2v) is 3.33. The molecule has 0 unspecified atom stereocenters. The molecule has 0 radical (unpaired) electrons. The fourth-order valence-electron chi connectivity index (χ4n) is 1.54. The van der Waals surface area contributed by atoms with Crippen molar-refractivity contribution in [2.24, 2.45) is 0 Å². The number of anilines is 1. The van der Waals surface area contributed by atoms with Gasteiger partial charge in [-0.1, -0.05) is 0 Å². The molecule has 2 N–H and O–H groups in total. The lowest BCUT2D eigenvalue weighted by Gasteiger charge is -1.92. The number of fused-ring (bicyclic) bond motifs is 1. The van der Waals surface area contributed by atoms with E-state index in [1.807, 2.05) is 41.1 Å². The molecule has 0 atom stereocenters. The molecular weight excluding hydrogens is 190 g/mol. The Bertz CT molecular complexity index is 595. The number of rotatable bonds is 1. The molecular formula is C11H9N3O. The maximum absolute atomic E-state index is 5.68. The Morgan fingerprint density at radius 2 is 2.27 bits per heavy atom. The summed E-state index contributed by atoms with van der Waals surface area (Å²) in [7, 11) is 0. The molecule has 3 heterocycles. The van der Waals surface area contributed by atoms with Crippen LogP contribution in [-0.4, -0.2) is 9.38 Å². The number of nitrogens with zero attached hydrogens (tertiary/aromatic N) is 2. The van der Waals surface area contributed by atoms with Crippen LogP contribution in [0.1, 0.15) is 0 Å². The Hall–Kier alpha value is -2.23. The first-order valence-corrected chi connectivity index (χ1v) is 4.61. The van der Waals surface area contributed by atoms with E-state index >= 15 is 0 Å². The van der Waals surface area contributed by atoms with E-state index in [-0.39, 0.29) is 0 Å². The van der Waals surface area contributed by atoms with Crippen molar-refractivity contribution in [2.45, 2.75) is 0 Å². The van der Waals surface area contributed by atoms with Gasteiger partial charge in [-0.2, -0.15) is 0 Å². The van der Waals surface area contributed by atoms with Gasteiger partial charge in [-0.3, -0.25) is 0 Å². The summed E-state index contributed by atoms with van der Waals surface area (Å²) in [6, 6.07) is 7.38. The quantitative estimate of drug-likeness (QED) is 0.653. The van der Waals surface area contributed by atoms with Gasteiger partial charge in [0, 0.05) is 24.1 Å². The minimum atomic E-state index is 0.707. The van der Waals surface area contributed by atoms with Crippen molar-refractivity contribution in [1.82, 2.24) is 9.38 Å². The monoisotopic (exact) mass is 199 g/mol. The van der Waals surface area contributed by atoms with Crippen LogP contribution < -0.4 is 5.73 Å². The molecule has 0 bridgehead atoms. The summed E-state index contributed by atoms with van der Waals surface area (Å²) in [5.41, 5.74) is 8.01. The molecule has 0 amide bonds. The number of furan rings is 1. The van der Waals surface area contributed by atoms with Crippen LogP contribution in [0.25, 0.3) is 17.1 Å². The molecule has 0 aliphatic carbocycles. The summed E-state index contributed by atoms with van der Waals surface area (Å²) in [6.45, 7) is 0. The molecule has 74 valence electrons. The molecule has 4 nitrogen and oxygen atoms in total. The van der Waals surface area contributed by atoms with Crippen LogP contribution in [0, 0.1) is 0 Å². The molecule has 0 aliphatic heterocycles. The zero-order chi connectivity index (χ0) is 10.3. The molecule has 3 aromatic heterocycles. The molecule has 15 heavy (non-hydrogen) atoms. The first kappa shape index (κ1) is 8.11. The van der Waals surface area contributed by atoms with Gasteiger partial charge in [0.25, 0.3) is 0 Å². The summed E-state index contributed by atoms with van der Waals surface area (Å²) in [6.07, 6.45) is 5.42. The van der Waals surface area contributed by atoms with Gasteiger partial charge in [-0.25, -0.2) is 4.98 Å². The molecule has 0 aliphatic rings. The highest BCUT2D eigenvalue weighted by Gasteiger charge is 2.05. The second kappa shape index (κ2) is 2.88. The third-order valence-electron chi connectivity index (χ3n) is 2.26. The average Bonchev–Trinajstić information content (AvgIpc) is 2.84. The van der Waals surface area contributed by atoms with Crippen molar-refractivity contribution in [2.75, 3.05) is 5.73 Å². The van der Waals surface area contributed by atoms with Crippen molar-refractivity contribution in [3.8, 4) is 11.5 Å². The zero-order valence-corrected chi connectivity index (χ0v) is 7.92. The van der Waals surface area contributed by atoms with Crippen LogP contribution in [0.15, 0.2) is 47.3 Å². The number of imidazole rings is 1. The minimum Gasteiger partial charge on any atom is -0.463 e. The topological polar surface area (TPSA) is 56.5 Å². The van der Waals surface area contributed by atoms with Gasteiger partial charge in [-0.15, -0.1) is 0 Å². The fourth-order valence-corrected chi connectivity index (χ4v) is 1.54. The third kappa shape index (κ3) is 1.27. The number of pyridine rings is 1. The van der Waals surface area contributed by atoms with Crippen LogP contribution in [-0.2, 0) is 0 Å². The molecule has 0 aromatic carbocycles. The third-order valence-corrected chi connectivity index (χ3v) is 2.26. The number of hydrogen-bond donors (Lipinski definition) is 1. The van der Waals surface area contributed by atoms with E-state index < -0.39 is 0 Å². The lowest BCUT2D eigenvalue weighted by atomic mass is 10.4. The smallest absolute Gasteiger partial charge is 0.153 e. The van der Waals surface area contributed by atoms with Gasteiger partial charge in [0.05, 0.1) is 6.26 Å². The highest BCUT2D eigenvalue weighted by molar-refractivity contribution is 5.60. The lowest BCUT2D eigenvalue weighted by molar-refractivity contribution is 0.580. The van der Waals surface area contributed by atoms with Crippen LogP contribution in [0.2, 0.25) is 0 Å². The second-order valence-electron chi connectivity index (χ2n) is 3.33. The van der Waals surface area contributed by atoms with Crippen LogP contribution in [0.4, 0.5) is 5.69 Å². The fraction of sp³-hybridized carbons (Fsp3) is 0. The summed E-state index contributed by atoms with van der Waals surface area (Å²) in [4.78, 5) is 4.41. The first-order valence-electron chi connectivity index (χ1n) is 4.61. The summed E-state index contributed by atoms with van der Waals surface area (Å²) < 4.78 is 7.18. The Kier molecular flexibility index (Phi) is 1.56. The average molecular weight is 199 g/mol. The van der Waals surface area contributed by atoms with Crippen molar-refractivity contribution in [3.63, 3.8) is 0 Å². The van der Waals surface area contributed by atoms with Crippen molar-refractivity contribution in [1.29, 1.82) is 0 Å². The highest BCUT2D eigenvalue weighted by Crippen LogP contribution is 2.20. The molecule has 0 saturated carbocycles. The number of hydrogen-bond acceptors (Lipinski definition) is 3.